The van der Waals surface area contributed by atoms with Crippen LogP contribution in [-0.4, -0.2) is 29.2 Å². The van der Waals surface area contributed by atoms with Crippen molar-refractivity contribution in [1.29, 1.82) is 0 Å². The maximum Gasteiger partial charge on any atom is 0.170 e. The van der Waals surface area contributed by atoms with E-state index in [9.17, 15) is 0 Å². The molecule has 3 N–H and O–H groups in total. The number of aromatic nitrogens is 1. The average Bonchev–Trinajstić information content (AvgIpc) is 3.22. The third kappa shape index (κ3) is 7.49. The lowest BCUT2D eigenvalue weighted by Gasteiger charge is -2.09. The summed E-state index contributed by atoms with van der Waals surface area (Å²) in [6.07, 6.45) is 6.44. The van der Waals surface area contributed by atoms with Crippen molar-refractivity contribution in [2.75, 3.05) is 13.2 Å². The quantitative estimate of drug-likeness (QED) is 0.103. The van der Waals surface area contributed by atoms with Crippen molar-refractivity contribution in [1.82, 2.24) is 4.98 Å². The number of hydrogen-bond acceptors (Lipinski definition) is 6. The Kier molecular flexibility index (Phi) is 9.57. The van der Waals surface area contributed by atoms with Crippen molar-refractivity contribution in [2.45, 2.75) is 52.4 Å². The summed E-state index contributed by atoms with van der Waals surface area (Å²) in [5.74, 6) is 1.75. The predicted molar refractivity (Wildman–Crippen MR) is 135 cm³/mol. The van der Waals surface area contributed by atoms with E-state index in [4.69, 9.17) is 25.4 Å². The first-order valence-electron chi connectivity index (χ1n) is 11.5. The van der Waals surface area contributed by atoms with E-state index in [1.165, 1.54) is 17.7 Å². The lowest BCUT2D eigenvalue weighted by Crippen LogP contribution is -2.12. The van der Waals surface area contributed by atoms with Crippen molar-refractivity contribution in [3.63, 3.8) is 0 Å². The van der Waals surface area contributed by atoms with Crippen LogP contribution in [0.15, 0.2) is 53.7 Å². The molecule has 0 amide bonds. The molecule has 0 saturated heterocycles. The predicted octanol–water partition coefficient (Wildman–Crippen LogP) is 6.18. The fourth-order valence-electron chi connectivity index (χ4n) is 3.45. The van der Waals surface area contributed by atoms with Gasteiger partial charge < -0.3 is 20.4 Å². The Balaban J connectivity index is 1.35. The van der Waals surface area contributed by atoms with Crippen LogP contribution in [0.25, 0.3) is 11.3 Å². The van der Waals surface area contributed by atoms with Crippen molar-refractivity contribution in [3.8, 4) is 22.8 Å². The summed E-state index contributed by atoms with van der Waals surface area (Å²) in [6.45, 7) is 5.63. The third-order valence-electron chi connectivity index (χ3n) is 5.27. The summed E-state index contributed by atoms with van der Waals surface area (Å²) in [5.41, 5.74) is 8.50. The number of amidine groups is 1. The van der Waals surface area contributed by atoms with E-state index in [0.29, 0.717) is 18.8 Å². The number of nitrogens with two attached hydrogens (primary N) is 1. The first-order chi connectivity index (χ1) is 16.1. The third-order valence-corrected chi connectivity index (χ3v) is 6.30. The number of ether oxygens (including phenoxy) is 2. The molecule has 0 aliphatic rings. The Hall–Kier alpha value is -3.06. The Bertz CT molecular complexity index is 1010. The molecule has 0 bridgehead atoms. The van der Waals surface area contributed by atoms with Gasteiger partial charge in [-0.2, -0.15) is 0 Å². The first-order valence-corrected chi connectivity index (χ1v) is 12.3. The van der Waals surface area contributed by atoms with Crippen LogP contribution in [0.4, 0.5) is 0 Å². The maximum absolute atomic E-state index is 8.69. The molecule has 1 heterocycles. The van der Waals surface area contributed by atoms with Crippen molar-refractivity contribution in [2.24, 2.45) is 10.9 Å². The molecule has 0 unspecified atom stereocenters. The highest BCUT2D eigenvalue weighted by Gasteiger charge is 2.11. The molecule has 33 heavy (non-hydrogen) atoms. The van der Waals surface area contributed by atoms with Crippen LogP contribution in [0.1, 0.15) is 54.5 Å². The number of benzene rings is 2. The smallest absolute Gasteiger partial charge is 0.170 e. The van der Waals surface area contributed by atoms with Gasteiger partial charge in [0.2, 0.25) is 0 Å². The van der Waals surface area contributed by atoms with Crippen LogP contribution in [0.2, 0.25) is 0 Å². The molecule has 0 radical (unpaired) electrons. The molecule has 0 atom stereocenters. The summed E-state index contributed by atoms with van der Waals surface area (Å²) in [7, 11) is 0. The highest BCUT2D eigenvalue weighted by Crippen LogP contribution is 2.30. The fourth-order valence-corrected chi connectivity index (χ4v) is 4.45. The number of thiazole rings is 1. The summed E-state index contributed by atoms with van der Waals surface area (Å²) in [6, 6.07) is 15.5. The number of nitrogens with zero attached hydrogens (tertiary/aromatic N) is 2. The minimum atomic E-state index is 0.0890. The molecule has 6 nitrogen and oxygen atoms in total. The number of rotatable bonds is 13. The van der Waals surface area contributed by atoms with Gasteiger partial charge in [-0.25, -0.2) is 4.98 Å². The number of hydrogen-bond donors (Lipinski definition) is 2. The Morgan fingerprint density at radius 1 is 0.939 bits per heavy atom. The summed E-state index contributed by atoms with van der Waals surface area (Å²) < 4.78 is 11.6. The van der Waals surface area contributed by atoms with Gasteiger partial charge in [-0.3, -0.25) is 0 Å². The zero-order chi connectivity index (χ0) is 23.5. The Labute approximate surface area is 200 Å². The highest BCUT2D eigenvalue weighted by molar-refractivity contribution is 7.12. The van der Waals surface area contributed by atoms with Crippen molar-refractivity contribution in [3.05, 3.63) is 64.0 Å². The van der Waals surface area contributed by atoms with E-state index < -0.39 is 0 Å². The van der Waals surface area contributed by atoms with Gasteiger partial charge in [-0.05, 0) is 87.6 Å². The lowest BCUT2D eigenvalue weighted by atomic mass is 10.1. The second-order valence-corrected chi connectivity index (χ2v) is 9.19. The average molecular weight is 468 g/mol. The zero-order valence-corrected chi connectivity index (χ0v) is 20.2. The van der Waals surface area contributed by atoms with Gasteiger partial charge in [0, 0.05) is 16.0 Å². The zero-order valence-electron chi connectivity index (χ0n) is 19.4. The van der Waals surface area contributed by atoms with Gasteiger partial charge in [0.05, 0.1) is 23.9 Å². The molecule has 176 valence electrons. The number of aryl methyl sites for hydroxylation is 2. The molecule has 0 spiro atoms. The van der Waals surface area contributed by atoms with Crippen LogP contribution < -0.4 is 15.2 Å². The van der Waals surface area contributed by atoms with Crippen molar-refractivity contribution < 1.29 is 14.7 Å². The van der Waals surface area contributed by atoms with E-state index in [2.05, 4.69) is 31.1 Å². The van der Waals surface area contributed by atoms with Crippen LogP contribution in [-0.2, 0) is 6.42 Å². The van der Waals surface area contributed by atoms with Gasteiger partial charge in [0.15, 0.2) is 5.84 Å². The van der Waals surface area contributed by atoms with Crippen LogP contribution in [0, 0.1) is 6.92 Å². The molecule has 3 aromatic rings. The van der Waals surface area contributed by atoms with E-state index in [0.717, 1.165) is 53.4 Å². The van der Waals surface area contributed by atoms with E-state index in [1.54, 1.807) is 23.5 Å². The molecular weight excluding hydrogens is 434 g/mol. The molecule has 0 fully saturated rings. The monoisotopic (exact) mass is 467 g/mol. The topological polar surface area (TPSA) is 90.0 Å². The maximum atomic E-state index is 8.69. The van der Waals surface area contributed by atoms with E-state index >= 15 is 0 Å². The van der Waals surface area contributed by atoms with Gasteiger partial charge in [0.25, 0.3) is 0 Å². The van der Waals surface area contributed by atoms with E-state index in [-0.39, 0.29) is 5.84 Å². The molecule has 0 aliphatic carbocycles. The van der Waals surface area contributed by atoms with Gasteiger partial charge in [0.1, 0.15) is 11.5 Å². The molecule has 3 rings (SSSR count). The van der Waals surface area contributed by atoms with E-state index in [1.807, 2.05) is 24.3 Å². The number of unbranched alkanes of at least 4 members (excludes halogenated alkanes) is 3. The minimum Gasteiger partial charge on any atom is -0.494 e. The molecular formula is C26H33N3O3S. The summed E-state index contributed by atoms with van der Waals surface area (Å²) >= 11 is 1.81. The SMILES string of the molecule is CCCCc1sc(C)nc1-c1ccc(OCCCCCOc2ccc(/C(N)=N/O)cc2)cc1. The highest BCUT2D eigenvalue weighted by atomic mass is 32.1. The normalized spacial score (nSPS) is 11.5. The minimum absolute atomic E-state index is 0.0890. The Morgan fingerprint density at radius 3 is 2.12 bits per heavy atom. The first kappa shape index (κ1) is 24.6. The Morgan fingerprint density at radius 2 is 1.55 bits per heavy atom. The van der Waals surface area contributed by atoms with Crippen LogP contribution >= 0.6 is 11.3 Å². The second-order valence-electron chi connectivity index (χ2n) is 7.90. The van der Waals surface area contributed by atoms with Gasteiger partial charge in [-0.1, -0.05) is 18.5 Å². The largest absolute Gasteiger partial charge is 0.494 e. The summed E-state index contributed by atoms with van der Waals surface area (Å²) in [4.78, 5) is 6.13. The van der Waals surface area contributed by atoms with Crippen LogP contribution in [0.3, 0.4) is 0 Å². The van der Waals surface area contributed by atoms with Gasteiger partial charge >= 0.3 is 0 Å². The fraction of sp³-hybridized carbons (Fsp3) is 0.385. The molecule has 7 heteroatoms. The second kappa shape index (κ2) is 12.8. The molecule has 2 aromatic carbocycles. The molecule has 0 saturated carbocycles. The van der Waals surface area contributed by atoms with Gasteiger partial charge in [-0.15, -0.1) is 11.3 Å². The van der Waals surface area contributed by atoms with Crippen molar-refractivity contribution >= 4 is 17.2 Å². The molecule has 1 aromatic heterocycles. The number of oxime groups is 1. The standard InChI is InChI=1S/C26H33N3O3S/c1-3-4-8-24-25(28-19(2)33-24)20-9-13-22(14-10-20)31-17-6-5-7-18-32-23-15-11-21(12-16-23)26(27)29-30/h9-16,30H,3-8,17-18H2,1-2H3,(H2,27,29). The van der Waals surface area contributed by atoms with Crippen LogP contribution in [0.5, 0.6) is 11.5 Å². The molecule has 0 aliphatic heterocycles. The lowest BCUT2D eigenvalue weighted by molar-refractivity contribution is 0.279. The summed E-state index contributed by atoms with van der Waals surface area (Å²) in [5, 5.41) is 12.8.